The number of carbonyl (C=O) groups excluding carboxylic acids is 2. The summed E-state index contributed by atoms with van der Waals surface area (Å²) in [5.74, 6) is 0.880. The molecule has 1 N–H and O–H groups in total. The van der Waals surface area contributed by atoms with Crippen molar-refractivity contribution in [2.75, 3.05) is 31.5 Å². The number of hydrogen-bond donors (Lipinski definition) is 1. The Labute approximate surface area is 198 Å². The Bertz CT molecular complexity index is 1270. The third-order valence-electron chi connectivity index (χ3n) is 5.83. The molecule has 0 saturated heterocycles. The number of methoxy groups -OCH3 is 3. The van der Waals surface area contributed by atoms with E-state index < -0.39 is 11.8 Å². The molecule has 0 bridgehead atoms. The summed E-state index contributed by atoms with van der Waals surface area (Å²) >= 11 is 0. The summed E-state index contributed by atoms with van der Waals surface area (Å²) < 4.78 is 15.9. The van der Waals surface area contributed by atoms with Gasteiger partial charge < -0.3 is 19.5 Å². The lowest BCUT2D eigenvalue weighted by Crippen LogP contribution is -2.32. The number of carbonyl (C=O) groups is 2. The van der Waals surface area contributed by atoms with Crippen molar-refractivity contribution in [1.29, 1.82) is 0 Å². The van der Waals surface area contributed by atoms with Gasteiger partial charge in [-0.3, -0.25) is 9.59 Å². The van der Waals surface area contributed by atoms with Gasteiger partial charge in [0.15, 0.2) is 0 Å². The second kappa shape index (κ2) is 9.31. The van der Waals surface area contributed by atoms with E-state index in [-0.39, 0.29) is 5.70 Å². The SMILES string of the molecule is COc1ccc(N2C(=O)C(Nc3cc(OC)cc(OC)c3)=C(c3ccc(C)c(C)c3)C2=O)cc1. The quantitative estimate of drug-likeness (QED) is 0.516. The Morgan fingerprint density at radius 3 is 1.85 bits per heavy atom. The summed E-state index contributed by atoms with van der Waals surface area (Å²) in [6.07, 6.45) is 0. The van der Waals surface area contributed by atoms with E-state index in [4.69, 9.17) is 14.2 Å². The molecule has 0 aromatic heterocycles. The first-order valence-corrected chi connectivity index (χ1v) is 10.7. The number of hydrogen-bond acceptors (Lipinski definition) is 6. The van der Waals surface area contributed by atoms with Crippen molar-refractivity contribution in [1.82, 2.24) is 0 Å². The molecular formula is C27H26N2O5. The Morgan fingerprint density at radius 2 is 1.29 bits per heavy atom. The highest BCUT2D eigenvalue weighted by molar-refractivity contribution is 6.46. The van der Waals surface area contributed by atoms with Crippen LogP contribution in [0.1, 0.15) is 16.7 Å². The smallest absolute Gasteiger partial charge is 0.282 e. The molecule has 0 unspecified atom stereocenters. The molecule has 0 spiro atoms. The molecular weight excluding hydrogens is 432 g/mol. The lowest BCUT2D eigenvalue weighted by molar-refractivity contribution is -0.120. The van der Waals surface area contributed by atoms with Crippen LogP contribution in [-0.2, 0) is 9.59 Å². The van der Waals surface area contributed by atoms with Gasteiger partial charge >= 0.3 is 0 Å². The third-order valence-corrected chi connectivity index (χ3v) is 5.83. The van der Waals surface area contributed by atoms with Crippen LogP contribution in [0.4, 0.5) is 11.4 Å². The molecule has 1 aliphatic heterocycles. The molecule has 174 valence electrons. The molecule has 0 saturated carbocycles. The van der Waals surface area contributed by atoms with Crippen LogP contribution in [0.5, 0.6) is 17.2 Å². The van der Waals surface area contributed by atoms with Gasteiger partial charge in [-0.2, -0.15) is 0 Å². The van der Waals surface area contributed by atoms with Crippen molar-refractivity contribution in [2.45, 2.75) is 13.8 Å². The zero-order valence-electron chi connectivity index (χ0n) is 19.8. The Kier molecular flexibility index (Phi) is 6.27. The Hall–Kier alpha value is -4.26. The number of anilines is 2. The standard InChI is InChI=1S/C27H26N2O5/c1-16-6-7-18(12-17(16)2)24-25(28-19-13-22(33-4)15-23(14-19)34-5)27(31)29(26(24)30)20-8-10-21(32-3)11-9-20/h6-15,28H,1-5H3. The van der Waals surface area contributed by atoms with E-state index in [1.165, 1.54) is 4.90 Å². The normalized spacial score (nSPS) is 13.4. The first-order chi connectivity index (χ1) is 16.4. The molecule has 1 aliphatic rings. The lowest BCUT2D eigenvalue weighted by Gasteiger charge is -2.16. The highest BCUT2D eigenvalue weighted by Crippen LogP contribution is 2.36. The molecule has 4 rings (SSSR count). The minimum Gasteiger partial charge on any atom is -0.497 e. The average molecular weight is 459 g/mol. The van der Waals surface area contributed by atoms with E-state index >= 15 is 0 Å². The summed E-state index contributed by atoms with van der Waals surface area (Å²) in [5, 5.41) is 3.16. The highest BCUT2D eigenvalue weighted by atomic mass is 16.5. The maximum atomic E-state index is 13.6. The number of benzene rings is 3. The van der Waals surface area contributed by atoms with E-state index in [1.807, 2.05) is 32.0 Å². The van der Waals surface area contributed by atoms with Crippen LogP contribution < -0.4 is 24.4 Å². The second-order valence-electron chi connectivity index (χ2n) is 7.92. The molecule has 3 aromatic carbocycles. The topological polar surface area (TPSA) is 77.1 Å². The van der Waals surface area contributed by atoms with Gasteiger partial charge in [0.1, 0.15) is 22.9 Å². The molecule has 0 aliphatic carbocycles. The lowest BCUT2D eigenvalue weighted by atomic mass is 9.99. The molecule has 0 fully saturated rings. The van der Waals surface area contributed by atoms with E-state index in [2.05, 4.69) is 5.32 Å². The van der Waals surface area contributed by atoms with Crippen LogP contribution in [-0.4, -0.2) is 33.1 Å². The molecule has 2 amide bonds. The van der Waals surface area contributed by atoms with Crippen molar-refractivity contribution in [3.8, 4) is 17.2 Å². The molecule has 7 heteroatoms. The number of rotatable bonds is 7. The minimum atomic E-state index is -0.454. The number of aryl methyl sites for hydroxylation is 2. The van der Waals surface area contributed by atoms with Gasteiger partial charge in [-0.15, -0.1) is 0 Å². The van der Waals surface area contributed by atoms with Gasteiger partial charge in [0.25, 0.3) is 11.8 Å². The number of amides is 2. The van der Waals surface area contributed by atoms with E-state index in [0.29, 0.717) is 39.8 Å². The number of ether oxygens (including phenoxy) is 3. The second-order valence-corrected chi connectivity index (χ2v) is 7.92. The molecule has 1 heterocycles. The summed E-state index contributed by atoms with van der Waals surface area (Å²) in [5.41, 5.74) is 4.28. The van der Waals surface area contributed by atoms with Gasteiger partial charge in [-0.25, -0.2) is 4.90 Å². The minimum absolute atomic E-state index is 0.180. The van der Waals surface area contributed by atoms with Crippen molar-refractivity contribution in [2.24, 2.45) is 0 Å². The average Bonchev–Trinajstić information content (AvgIpc) is 3.09. The maximum absolute atomic E-state index is 13.6. The first-order valence-electron chi connectivity index (χ1n) is 10.7. The third kappa shape index (κ3) is 4.20. The van der Waals surface area contributed by atoms with Gasteiger partial charge in [-0.05, 0) is 54.8 Å². The Morgan fingerprint density at radius 1 is 0.676 bits per heavy atom. The summed E-state index contributed by atoms with van der Waals surface area (Å²) in [6, 6.07) is 17.7. The summed E-state index contributed by atoms with van der Waals surface area (Å²) in [7, 11) is 4.66. The molecule has 7 nitrogen and oxygen atoms in total. The van der Waals surface area contributed by atoms with Gasteiger partial charge in [-0.1, -0.05) is 18.2 Å². The maximum Gasteiger partial charge on any atom is 0.282 e. The molecule has 3 aromatic rings. The Balaban J connectivity index is 1.83. The van der Waals surface area contributed by atoms with E-state index in [9.17, 15) is 9.59 Å². The molecule has 34 heavy (non-hydrogen) atoms. The zero-order chi connectivity index (χ0) is 24.4. The first kappa shape index (κ1) is 22.9. The number of nitrogens with zero attached hydrogens (tertiary/aromatic N) is 1. The fourth-order valence-corrected chi connectivity index (χ4v) is 3.80. The van der Waals surface area contributed by atoms with Crippen molar-refractivity contribution < 1.29 is 23.8 Å². The van der Waals surface area contributed by atoms with Crippen LogP contribution in [0.3, 0.4) is 0 Å². The van der Waals surface area contributed by atoms with Crippen LogP contribution in [0.15, 0.2) is 66.4 Å². The summed E-state index contributed by atoms with van der Waals surface area (Å²) in [6.45, 7) is 3.97. The van der Waals surface area contributed by atoms with Crippen molar-refractivity contribution >= 4 is 28.8 Å². The van der Waals surface area contributed by atoms with Gasteiger partial charge in [0, 0.05) is 23.9 Å². The van der Waals surface area contributed by atoms with Gasteiger partial charge in [0.2, 0.25) is 0 Å². The van der Waals surface area contributed by atoms with E-state index in [0.717, 1.165) is 11.1 Å². The predicted molar refractivity (Wildman–Crippen MR) is 131 cm³/mol. The number of nitrogens with one attached hydrogen (secondary N) is 1. The van der Waals surface area contributed by atoms with Crippen LogP contribution >= 0.6 is 0 Å². The highest BCUT2D eigenvalue weighted by Gasteiger charge is 2.40. The fourth-order valence-electron chi connectivity index (χ4n) is 3.80. The molecule has 0 radical (unpaired) electrons. The van der Waals surface area contributed by atoms with Gasteiger partial charge in [0.05, 0.1) is 32.6 Å². The molecule has 0 atom stereocenters. The summed E-state index contributed by atoms with van der Waals surface area (Å²) in [4.78, 5) is 28.4. The largest absolute Gasteiger partial charge is 0.497 e. The van der Waals surface area contributed by atoms with Crippen LogP contribution in [0, 0.1) is 13.8 Å². The van der Waals surface area contributed by atoms with Crippen LogP contribution in [0.25, 0.3) is 5.57 Å². The predicted octanol–water partition coefficient (Wildman–Crippen LogP) is 4.73. The number of imide groups is 1. The van der Waals surface area contributed by atoms with Crippen molar-refractivity contribution in [3.63, 3.8) is 0 Å². The zero-order valence-corrected chi connectivity index (χ0v) is 19.8. The van der Waals surface area contributed by atoms with E-state index in [1.54, 1.807) is 63.8 Å². The fraction of sp³-hybridized carbons (Fsp3) is 0.185. The van der Waals surface area contributed by atoms with Crippen molar-refractivity contribution in [3.05, 3.63) is 83.1 Å². The van der Waals surface area contributed by atoms with Crippen LogP contribution in [0.2, 0.25) is 0 Å². The monoisotopic (exact) mass is 458 g/mol.